The molecule has 0 spiro atoms. The van der Waals surface area contributed by atoms with Gasteiger partial charge in [0.1, 0.15) is 17.1 Å². The van der Waals surface area contributed by atoms with Crippen molar-refractivity contribution in [2.24, 2.45) is 11.1 Å². The van der Waals surface area contributed by atoms with E-state index in [-0.39, 0.29) is 24.7 Å². The van der Waals surface area contributed by atoms with Crippen LogP contribution in [0.4, 0.5) is 0 Å². The van der Waals surface area contributed by atoms with Crippen LogP contribution in [0.25, 0.3) is 22.3 Å². The second kappa shape index (κ2) is 16.8. The molecule has 0 saturated heterocycles. The molecule has 2 aromatic carbocycles. The summed E-state index contributed by atoms with van der Waals surface area (Å²) in [7, 11) is 0. The van der Waals surface area contributed by atoms with Crippen LogP contribution in [0.2, 0.25) is 5.02 Å². The Balaban J connectivity index is 1.48. The molecule has 9 nitrogen and oxygen atoms in total. The molecule has 1 amide bonds. The van der Waals surface area contributed by atoms with Crippen molar-refractivity contribution in [3.05, 3.63) is 65.2 Å². The fourth-order valence-corrected chi connectivity index (χ4v) is 5.06. The summed E-state index contributed by atoms with van der Waals surface area (Å²) in [5.41, 5.74) is 2.73. The molecule has 0 aliphatic carbocycles. The fraction of sp³-hybridized carbons (Fsp3) is 0.486. The van der Waals surface area contributed by atoms with Crippen LogP contribution in [0.1, 0.15) is 60.8 Å². The first kappa shape index (κ1) is 36.1. The molecule has 0 fully saturated rings. The summed E-state index contributed by atoms with van der Waals surface area (Å²) >= 11 is 6.09. The molecule has 246 valence electrons. The van der Waals surface area contributed by atoms with E-state index in [1.165, 1.54) is 0 Å². The molecule has 0 saturated carbocycles. The molecule has 0 bridgehead atoms. The number of nitrogens with one attached hydrogen (secondary N) is 3. The lowest BCUT2D eigenvalue weighted by Crippen LogP contribution is -2.46. The van der Waals surface area contributed by atoms with E-state index in [0.29, 0.717) is 28.9 Å². The van der Waals surface area contributed by atoms with Gasteiger partial charge in [-0.15, -0.1) is 0 Å². The van der Waals surface area contributed by atoms with Crippen LogP contribution in [0, 0.1) is 5.92 Å². The zero-order chi connectivity index (χ0) is 33.0. The van der Waals surface area contributed by atoms with Gasteiger partial charge in [-0.05, 0) is 128 Å². The van der Waals surface area contributed by atoms with E-state index in [0.717, 1.165) is 60.2 Å². The van der Waals surface area contributed by atoms with Gasteiger partial charge >= 0.3 is 0 Å². The highest BCUT2D eigenvalue weighted by Gasteiger charge is 2.23. The summed E-state index contributed by atoms with van der Waals surface area (Å²) in [6, 6.07) is 14.9. The monoisotopic (exact) mass is 640 g/mol. The van der Waals surface area contributed by atoms with Gasteiger partial charge in [0.05, 0.1) is 17.9 Å². The number of aliphatic hydroxyl groups excluding tert-OH is 1. The minimum atomic E-state index is -0.421. The van der Waals surface area contributed by atoms with Crippen molar-refractivity contribution in [2.45, 2.75) is 71.9 Å². The van der Waals surface area contributed by atoms with E-state index in [4.69, 9.17) is 20.8 Å². The lowest BCUT2D eigenvalue weighted by Gasteiger charge is -2.30. The highest BCUT2D eigenvalue weighted by molar-refractivity contribution is 6.31. The molecule has 45 heavy (non-hydrogen) atoms. The minimum Gasteiger partial charge on any atom is -0.484 e. The Bertz CT molecular complexity index is 1450. The molecule has 1 atom stereocenters. The van der Waals surface area contributed by atoms with Gasteiger partial charge in [-0.1, -0.05) is 28.4 Å². The maximum atomic E-state index is 12.6. The number of oxime groups is 1. The average Bonchev–Trinajstić information content (AvgIpc) is 3.42. The largest absolute Gasteiger partial charge is 0.484 e. The molecule has 10 heteroatoms. The summed E-state index contributed by atoms with van der Waals surface area (Å²) < 4.78 is 11.7. The Hall–Kier alpha value is -3.37. The Morgan fingerprint density at radius 3 is 2.27 bits per heavy atom. The van der Waals surface area contributed by atoms with E-state index in [1.807, 2.05) is 69.3 Å². The Labute approximate surface area is 272 Å². The lowest BCUT2D eigenvalue weighted by atomic mass is 9.92. The molecule has 1 aromatic heterocycles. The predicted molar refractivity (Wildman–Crippen MR) is 182 cm³/mol. The van der Waals surface area contributed by atoms with Gasteiger partial charge in [-0.3, -0.25) is 4.79 Å². The SMILES string of the molecule is C/C(=C\CO)C(C)(C)NCCC(CCNC(=O)COc1ccc(-c2cc3cc(Cl)ccc3o2)cc1)CCNC(C)(C)/C(C)=N/O. The number of furan rings is 1. The zero-order valence-corrected chi connectivity index (χ0v) is 28.1. The summed E-state index contributed by atoms with van der Waals surface area (Å²) in [5.74, 6) is 1.50. The number of aliphatic hydroxyl groups is 1. The van der Waals surface area contributed by atoms with Crippen LogP contribution >= 0.6 is 11.6 Å². The quantitative estimate of drug-likeness (QED) is 0.0461. The van der Waals surface area contributed by atoms with E-state index in [2.05, 4.69) is 35.0 Å². The number of carbonyl (C=O) groups excluding carboxylic acids is 1. The number of benzene rings is 2. The van der Waals surface area contributed by atoms with Crippen molar-refractivity contribution in [2.75, 3.05) is 32.8 Å². The molecule has 0 aliphatic heterocycles. The Morgan fingerprint density at radius 1 is 0.978 bits per heavy atom. The summed E-state index contributed by atoms with van der Waals surface area (Å²) in [6.07, 6.45) is 4.45. The molecular weight excluding hydrogens is 592 g/mol. The summed E-state index contributed by atoms with van der Waals surface area (Å²) in [5, 5.41) is 33.5. The standard InChI is InChI=1S/C35H49ClN4O5/c1-24(16-20-41)34(3,4)38-18-14-26(15-19-39-35(5,6)25(2)40-43)13-17-37-33(42)23-44-30-10-7-27(8-11-30)32-22-28-21-29(36)9-12-31(28)45-32/h7-12,16,21-22,26,38-39,41,43H,13-15,17-20,23H2,1-6H3,(H,37,42)/b24-16+,40-25+. The van der Waals surface area contributed by atoms with Crippen LogP contribution < -0.4 is 20.7 Å². The number of hydrogen-bond acceptors (Lipinski definition) is 8. The number of nitrogens with zero attached hydrogens (tertiary/aromatic N) is 1. The van der Waals surface area contributed by atoms with Gasteiger partial charge in [-0.2, -0.15) is 0 Å². The van der Waals surface area contributed by atoms with Crippen LogP contribution in [0.15, 0.2) is 69.8 Å². The van der Waals surface area contributed by atoms with Crippen molar-refractivity contribution in [3.8, 4) is 17.1 Å². The predicted octanol–water partition coefficient (Wildman–Crippen LogP) is 6.56. The fourth-order valence-electron chi connectivity index (χ4n) is 4.88. The molecule has 0 radical (unpaired) electrons. The third-order valence-corrected chi connectivity index (χ3v) is 8.77. The number of hydrogen-bond donors (Lipinski definition) is 5. The molecule has 3 rings (SSSR count). The number of fused-ring (bicyclic) bond motifs is 1. The van der Waals surface area contributed by atoms with Crippen molar-refractivity contribution in [1.29, 1.82) is 0 Å². The second-order valence-corrected chi connectivity index (χ2v) is 13.0. The average molecular weight is 641 g/mol. The first-order valence-electron chi connectivity index (χ1n) is 15.5. The molecule has 5 N–H and O–H groups in total. The molecule has 0 aliphatic rings. The third-order valence-electron chi connectivity index (χ3n) is 8.54. The second-order valence-electron chi connectivity index (χ2n) is 12.5. The van der Waals surface area contributed by atoms with E-state index in [1.54, 1.807) is 13.0 Å². The van der Waals surface area contributed by atoms with Crippen LogP contribution in [-0.2, 0) is 4.79 Å². The lowest BCUT2D eigenvalue weighted by molar-refractivity contribution is -0.123. The number of ether oxygens (including phenoxy) is 1. The first-order valence-corrected chi connectivity index (χ1v) is 15.9. The molecule has 3 aromatic rings. The van der Waals surface area contributed by atoms with E-state index >= 15 is 0 Å². The van der Waals surface area contributed by atoms with Crippen molar-refractivity contribution in [3.63, 3.8) is 0 Å². The van der Waals surface area contributed by atoms with Gasteiger partial charge in [0.25, 0.3) is 5.91 Å². The zero-order valence-electron chi connectivity index (χ0n) is 27.4. The summed E-state index contributed by atoms with van der Waals surface area (Å²) in [6.45, 7) is 14.0. The minimum absolute atomic E-state index is 0.0187. The van der Waals surface area contributed by atoms with Gasteiger partial charge in [-0.25, -0.2) is 0 Å². The highest BCUT2D eigenvalue weighted by atomic mass is 35.5. The van der Waals surface area contributed by atoms with Crippen molar-refractivity contribution in [1.82, 2.24) is 16.0 Å². The van der Waals surface area contributed by atoms with Crippen molar-refractivity contribution >= 4 is 34.2 Å². The normalized spacial score (nSPS) is 13.7. The maximum absolute atomic E-state index is 12.6. The topological polar surface area (TPSA) is 128 Å². The number of halogens is 1. The molecule has 1 heterocycles. The van der Waals surface area contributed by atoms with E-state index in [9.17, 15) is 15.1 Å². The van der Waals surface area contributed by atoms with Crippen LogP contribution in [-0.4, -0.2) is 65.9 Å². The number of amides is 1. The molecule has 1 unspecified atom stereocenters. The van der Waals surface area contributed by atoms with E-state index < -0.39 is 5.54 Å². The maximum Gasteiger partial charge on any atom is 0.257 e. The van der Waals surface area contributed by atoms with Crippen LogP contribution in [0.5, 0.6) is 5.75 Å². The molecular formula is C35H49ClN4O5. The highest BCUT2D eigenvalue weighted by Crippen LogP contribution is 2.30. The summed E-state index contributed by atoms with van der Waals surface area (Å²) in [4.78, 5) is 12.6. The number of carbonyl (C=O) groups is 1. The van der Waals surface area contributed by atoms with Gasteiger partial charge in [0, 0.05) is 28.1 Å². The Morgan fingerprint density at radius 2 is 1.62 bits per heavy atom. The third kappa shape index (κ3) is 11.2. The van der Waals surface area contributed by atoms with Gasteiger partial charge in [0.2, 0.25) is 0 Å². The van der Waals surface area contributed by atoms with Gasteiger partial charge < -0.3 is 35.4 Å². The van der Waals surface area contributed by atoms with Crippen LogP contribution in [0.3, 0.4) is 0 Å². The first-order chi connectivity index (χ1) is 21.3. The number of rotatable bonds is 18. The smallest absolute Gasteiger partial charge is 0.257 e. The Kier molecular flexibility index (Phi) is 13.5. The van der Waals surface area contributed by atoms with Crippen molar-refractivity contribution < 1.29 is 24.3 Å². The van der Waals surface area contributed by atoms with Gasteiger partial charge in [0.15, 0.2) is 6.61 Å².